The zero-order valence-corrected chi connectivity index (χ0v) is 10.7. The lowest BCUT2D eigenvalue weighted by Gasteiger charge is -2.32. The van der Waals surface area contributed by atoms with Crippen LogP contribution in [0.25, 0.3) is 0 Å². The highest BCUT2D eigenvalue weighted by molar-refractivity contribution is 5.93. The van der Waals surface area contributed by atoms with E-state index < -0.39 is 10.9 Å². The number of aromatic carboxylic acids is 1. The van der Waals surface area contributed by atoms with Crippen molar-refractivity contribution >= 4 is 17.3 Å². The van der Waals surface area contributed by atoms with Gasteiger partial charge >= 0.3 is 5.97 Å². The maximum atomic E-state index is 11.1. The SMILES string of the molecule is C[C@H]1CCCN(c2ccc([N+](=O)[O-])c(C(=O)O)c2)C1. The number of carboxylic acid groups (broad SMARTS) is 1. The summed E-state index contributed by atoms with van der Waals surface area (Å²) in [7, 11) is 0. The lowest BCUT2D eigenvalue weighted by atomic mass is 9.99. The van der Waals surface area contributed by atoms with Crippen molar-refractivity contribution in [2.45, 2.75) is 19.8 Å². The average Bonchev–Trinajstić information content (AvgIpc) is 2.37. The Labute approximate surface area is 110 Å². The molecule has 1 fully saturated rings. The van der Waals surface area contributed by atoms with Crippen LogP contribution in [0.2, 0.25) is 0 Å². The molecule has 0 spiro atoms. The summed E-state index contributed by atoms with van der Waals surface area (Å²) in [6.07, 6.45) is 2.22. The predicted molar refractivity (Wildman–Crippen MR) is 70.7 cm³/mol. The first-order chi connectivity index (χ1) is 8.99. The second kappa shape index (κ2) is 5.26. The Kier molecular flexibility index (Phi) is 3.69. The normalized spacial score (nSPS) is 19.2. The minimum atomic E-state index is -1.27. The number of anilines is 1. The van der Waals surface area contributed by atoms with E-state index in [9.17, 15) is 14.9 Å². The molecule has 1 N–H and O–H groups in total. The molecule has 0 unspecified atom stereocenters. The quantitative estimate of drug-likeness (QED) is 0.670. The molecule has 1 aromatic rings. The fourth-order valence-corrected chi connectivity index (χ4v) is 2.48. The summed E-state index contributed by atoms with van der Waals surface area (Å²) in [5.74, 6) is -0.712. The van der Waals surface area contributed by atoms with E-state index in [1.54, 1.807) is 6.07 Å². The summed E-state index contributed by atoms with van der Waals surface area (Å²) in [6.45, 7) is 3.87. The maximum absolute atomic E-state index is 11.1. The molecule has 0 amide bonds. The van der Waals surface area contributed by atoms with Crippen LogP contribution in [0.15, 0.2) is 18.2 Å². The molecule has 1 aliphatic rings. The van der Waals surface area contributed by atoms with Gasteiger partial charge in [0.25, 0.3) is 5.69 Å². The lowest BCUT2D eigenvalue weighted by Crippen LogP contribution is -2.34. The van der Waals surface area contributed by atoms with Crippen LogP contribution < -0.4 is 4.90 Å². The number of piperidine rings is 1. The van der Waals surface area contributed by atoms with Gasteiger partial charge in [-0.1, -0.05) is 6.92 Å². The molecular weight excluding hydrogens is 248 g/mol. The Balaban J connectivity index is 2.35. The number of benzene rings is 1. The summed E-state index contributed by atoms with van der Waals surface area (Å²) >= 11 is 0. The molecule has 1 atom stereocenters. The minimum Gasteiger partial charge on any atom is -0.477 e. The van der Waals surface area contributed by atoms with Gasteiger partial charge in [-0.2, -0.15) is 0 Å². The van der Waals surface area contributed by atoms with Crippen LogP contribution in [0.1, 0.15) is 30.1 Å². The third kappa shape index (κ3) is 2.83. The molecule has 6 nitrogen and oxygen atoms in total. The van der Waals surface area contributed by atoms with Gasteiger partial charge in [0.1, 0.15) is 5.56 Å². The molecule has 6 heteroatoms. The second-order valence-electron chi connectivity index (χ2n) is 4.96. The monoisotopic (exact) mass is 264 g/mol. The van der Waals surface area contributed by atoms with E-state index in [4.69, 9.17) is 5.11 Å². The number of rotatable bonds is 3. The molecule has 1 aliphatic heterocycles. The van der Waals surface area contributed by atoms with Gasteiger partial charge in [0.05, 0.1) is 4.92 Å². The van der Waals surface area contributed by atoms with E-state index in [2.05, 4.69) is 11.8 Å². The van der Waals surface area contributed by atoms with Crippen LogP contribution in [0, 0.1) is 16.0 Å². The number of hydrogen-bond donors (Lipinski definition) is 1. The van der Waals surface area contributed by atoms with Gasteiger partial charge < -0.3 is 10.0 Å². The Morgan fingerprint density at radius 2 is 2.26 bits per heavy atom. The van der Waals surface area contributed by atoms with E-state index >= 15 is 0 Å². The van der Waals surface area contributed by atoms with E-state index in [1.165, 1.54) is 12.1 Å². The maximum Gasteiger partial charge on any atom is 0.342 e. The zero-order chi connectivity index (χ0) is 14.0. The number of carbonyl (C=O) groups is 1. The van der Waals surface area contributed by atoms with E-state index in [0.29, 0.717) is 5.92 Å². The van der Waals surface area contributed by atoms with Crippen LogP contribution in [0.3, 0.4) is 0 Å². The number of nitrogens with zero attached hydrogens (tertiary/aromatic N) is 2. The Morgan fingerprint density at radius 1 is 1.53 bits per heavy atom. The van der Waals surface area contributed by atoms with Gasteiger partial charge in [0.2, 0.25) is 0 Å². The molecule has 0 aromatic heterocycles. The fourth-order valence-electron chi connectivity index (χ4n) is 2.48. The molecule has 0 radical (unpaired) electrons. The highest BCUT2D eigenvalue weighted by Crippen LogP contribution is 2.28. The first kappa shape index (κ1) is 13.3. The van der Waals surface area contributed by atoms with Gasteiger partial charge in [-0.15, -0.1) is 0 Å². The predicted octanol–water partition coefficient (Wildman–Crippen LogP) is 2.53. The highest BCUT2D eigenvalue weighted by Gasteiger charge is 2.23. The van der Waals surface area contributed by atoms with Crippen LogP contribution in [-0.4, -0.2) is 29.1 Å². The minimum absolute atomic E-state index is 0.249. The Hall–Kier alpha value is -2.11. The van der Waals surface area contributed by atoms with Crippen LogP contribution in [-0.2, 0) is 0 Å². The third-order valence-corrected chi connectivity index (χ3v) is 3.43. The van der Waals surface area contributed by atoms with E-state index in [0.717, 1.165) is 31.6 Å². The molecule has 102 valence electrons. The van der Waals surface area contributed by atoms with Gasteiger partial charge in [-0.3, -0.25) is 10.1 Å². The molecule has 1 saturated heterocycles. The van der Waals surface area contributed by atoms with E-state index in [-0.39, 0.29) is 11.3 Å². The van der Waals surface area contributed by atoms with Crippen molar-refractivity contribution in [3.63, 3.8) is 0 Å². The van der Waals surface area contributed by atoms with Crippen LogP contribution in [0.5, 0.6) is 0 Å². The second-order valence-corrected chi connectivity index (χ2v) is 4.96. The summed E-state index contributed by atoms with van der Waals surface area (Å²) in [5, 5.41) is 19.9. The summed E-state index contributed by atoms with van der Waals surface area (Å²) in [6, 6.07) is 4.30. The van der Waals surface area contributed by atoms with Gasteiger partial charge in [0, 0.05) is 24.8 Å². The van der Waals surface area contributed by atoms with Crippen molar-refractivity contribution in [2.24, 2.45) is 5.92 Å². The van der Waals surface area contributed by atoms with E-state index in [1.807, 2.05) is 0 Å². The van der Waals surface area contributed by atoms with Gasteiger partial charge in [-0.25, -0.2) is 4.79 Å². The van der Waals surface area contributed by atoms with Crippen molar-refractivity contribution in [1.82, 2.24) is 0 Å². The molecule has 0 aliphatic carbocycles. The van der Waals surface area contributed by atoms with Crippen molar-refractivity contribution in [3.8, 4) is 0 Å². The van der Waals surface area contributed by atoms with Crippen molar-refractivity contribution in [2.75, 3.05) is 18.0 Å². The molecule has 1 aromatic carbocycles. The van der Waals surface area contributed by atoms with Crippen LogP contribution >= 0.6 is 0 Å². The topological polar surface area (TPSA) is 83.7 Å². The molecular formula is C13H16N2O4. The van der Waals surface area contributed by atoms with Crippen molar-refractivity contribution < 1.29 is 14.8 Å². The van der Waals surface area contributed by atoms with Crippen molar-refractivity contribution in [3.05, 3.63) is 33.9 Å². The number of nitro groups is 1. The third-order valence-electron chi connectivity index (χ3n) is 3.43. The van der Waals surface area contributed by atoms with Gasteiger partial charge in [-0.05, 0) is 30.9 Å². The smallest absolute Gasteiger partial charge is 0.342 e. The summed E-state index contributed by atoms with van der Waals surface area (Å²) in [5.41, 5.74) is 0.136. The fraction of sp³-hybridized carbons (Fsp3) is 0.462. The van der Waals surface area contributed by atoms with Crippen LogP contribution in [0.4, 0.5) is 11.4 Å². The number of hydrogen-bond acceptors (Lipinski definition) is 4. The zero-order valence-electron chi connectivity index (χ0n) is 10.7. The summed E-state index contributed by atoms with van der Waals surface area (Å²) < 4.78 is 0. The Morgan fingerprint density at radius 3 is 2.84 bits per heavy atom. The van der Waals surface area contributed by atoms with Crippen molar-refractivity contribution in [1.29, 1.82) is 0 Å². The largest absolute Gasteiger partial charge is 0.477 e. The summed E-state index contributed by atoms with van der Waals surface area (Å²) in [4.78, 5) is 23.3. The number of nitro benzene ring substituents is 1. The lowest BCUT2D eigenvalue weighted by molar-refractivity contribution is -0.385. The Bertz CT molecular complexity index is 515. The first-order valence-corrected chi connectivity index (χ1v) is 6.25. The first-order valence-electron chi connectivity index (χ1n) is 6.25. The molecule has 0 bridgehead atoms. The number of carboxylic acids is 1. The highest BCUT2D eigenvalue weighted by atomic mass is 16.6. The molecule has 19 heavy (non-hydrogen) atoms. The average molecular weight is 264 g/mol. The molecule has 0 saturated carbocycles. The molecule has 1 heterocycles. The standard InChI is InChI=1S/C13H16N2O4/c1-9-3-2-6-14(8-9)10-4-5-12(15(18)19)11(7-10)13(16)17/h4-5,7,9H,2-3,6,8H2,1H3,(H,16,17)/t9-/m0/s1. The van der Waals surface area contributed by atoms with Gasteiger partial charge in [0.15, 0.2) is 0 Å². The molecule has 2 rings (SSSR count).